The molecule has 0 bridgehead atoms. The quantitative estimate of drug-likeness (QED) is 0.345. The van der Waals surface area contributed by atoms with Crippen molar-refractivity contribution in [3.05, 3.63) is 78.4 Å². The average molecular weight is 471 g/mol. The lowest BCUT2D eigenvalue weighted by Crippen LogP contribution is -2.38. The minimum atomic E-state index is -0.0492. The van der Waals surface area contributed by atoms with Crippen LogP contribution >= 0.6 is 11.3 Å². The topological polar surface area (TPSA) is 42.0 Å². The van der Waals surface area contributed by atoms with Crippen LogP contribution in [-0.4, -0.2) is 43.8 Å². The van der Waals surface area contributed by atoms with Crippen LogP contribution in [0.2, 0.25) is 0 Å². The fraction of sp³-hybridized carbons (Fsp3) is 0.250. The largest absolute Gasteiger partial charge is 0.492 e. The molecule has 0 radical (unpaired) electrons. The van der Waals surface area contributed by atoms with E-state index in [1.54, 1.807) is 16.2 Å². The number of hydrogen-bond acceptors (Lipinski definition) is 5. The smallest absolute Gasteiger partial charge is 0.264 e. The number of benzene rings is 3. The van der Waals surface area contributed by atoms with Gasteiger partial charge in [-0.05, 0) is 85.4 Å². The summed E-state index contributed by atoms with van der Waals surface area (Å²) in [6, 6.07) is 24.1. The fourth-order valence-corrected chi connectivity index (χ4v) is 5.71. The molecule has 0 aliphatic carbocycles. The monoisotopic (exact) mass is 470 g/mol. The van der Waals surface area contributed by atoms with Crippen molar-refractivity contribution >= 4 is 33.0 Å². The Morgan fingerprint density at radius 1 is 0.941 bits per heavy atom. The van der Waals surface area contributed by atoms with E-state index in [0.29, 0.717) is 17.9 Å². The van der Waals surface area contributed by atoms with E-state index in [4.69, 9.17) is 9.47 Å². The van der Waals surface area contributed by atoms with Crippen LogP contribution in [-0.2, 0) is 0 Å². The van der Waals surface area contributed by atoms with E-state index in [9.17, 15) is 4.79 Å². The maximum Gasteiger partial charge on any atom is 0.264 e. The number of ether oxygens (including phenoxy) is 2. The minimum absolute atomic E-state index is 0.0492. The summed E-state index contributed by atoms with van der Waals surface area (Å²) in [5.41, 5.74) is 2.45. The van der Waals surface area contributed by atoms with E-state index in [1.807, 2.05) is 42.5 Å². The molecule has 6 heteroatoms. The highest BCUT2D eigenvalue weighted by Gasteiger charge is 2.27. The van der Waals surface area contributed by atoms with Gasteiger partial charge in [-0.1, -0.05) is 24.3 Å². The number of anilines is 1. The van der Waals surface area contributed by atoms with Crippen LogP contribution < -0.4 is 14.4 Å². The van der Waals surface area contributed by atoms with E-state index in [1.165, 1.54) is 40.9 Å². The van der Waals surface area contributed by atoms with Crippen molar-refractivity contribution in [2.45, 2.75) is 12.8 Å². The van der Waals surface area contributed by atoms with Crippen LogP contribution in [0, 0.1) is 0 Å². The number of hydrogen-bond donors (Lipinski definition) is 0. The van der Waals surface area contributed by atoms with Gasteiger partial charge in [-0.3, -0.25) is 14.6 Å². The molecule has 6 rings (SSSR count). The predicted octanol–water partition coefficient (Wildman–Crippen LogP) is 6.04. The highest BCUT2D eigenvalue weighted by Crippen LogP contribution is 2.37. The summed E-state index contributed by atoms with van der Waals surface area (Å²) in [5, 5.41) is 1.23. The normalized spacial score (nSPS) is 16.0. The summed E-state index contributed by atoms with van der Waals surface area (Å²) in [6.07, 6.45) is 2.58. The second-order valence-electron chi connectivity index (χ2n) is 8.76. The molecule has 4 aromatic rings. The first-order valence-electron chi connectivity index (χ1n) is 11.8. The van der Waals surface area contributed by atoms with E-state index >= 15 is 0 Å². The third kappa shape index (κ3) is 4.15. The molecule has 0 unspecified atom stereocenters. The van der Waals surface area contributed by atoms with Crippen molar-refractivity contribution in [1.29, 1.82) is 0 Å². The number of amides is 1. The predicted molar refractivity (Wildman–Crippen MR) is 137 cm³/mol. The number of fused-ring (bicyclic) bond motifs is 2. The third-order valence-corrected chi connectivity index (χ3v) is 7.70. The van der Waals surface area contributed by atoms with Gasteiger partial charge in [0.2, 0.25) is 0 Å². The molecule has 0 N–H and O–H groups in total. The summed E-state index contributed by atoms with van der Waals surface area (Å²) in [5.74, 6) is 1.41. The summed E-state index contributed by atoms with van der Waals surface area (Å²) >= 11 is 1.75. The maximum atomic E-state index is 13.2. The number of carbonyl (C=O) groups excluding carboxylic acids is 1. The van der Waals surface area contributed by atoms with Crippen LogP contribution in [0.3, 0.4) is 0 Å². The molecular weight excluding hydrogens is 444 g/mol. The van der Waals surface area contributed by atoms with Crippen molar-refractivity contribution in [2.24, 2.45) is 0 Å². The van der Waals surface area contributed by atoms with Crippen LogP contribution in [0.25, 0.3) is 20.5 Å². The zero-order chi connectivity index (χ0) is 22.9. The van der Waals surface area contributed by atoms with Crippen LogP contribution in [0.1, 0.15) is 23.2 Å². The van der Waals surface area contributed by atoms with Gasteiger partial charge in [0.1, 0.15) is 18.1 Å². The van der Waals surface area contributed by atoms with Crippen LogP contribution in [0.4, 0.5) is 5.69 Å². The molecular formula is C28H26N2O3S. The number of rotatable bonds is 6. The SMILES string of the molecule is O=C1c2ccc(-c3cc4ccccc4s3)cc2OCN1c1ccc(OCCN2CCCC2)cc1. The zero-order valence-corrected chi connectivity index (χ0v) is 19.7. The summed E-state index contributed by atoms with van der Waals surface area (Å²) in [6.45, 7) is 4.18. The van der Waals surface area contributed by atoms with E-state index in [2.05, 4.69) is 35.2 Å². The second-order valence-corrected chi connectivity index (χ2v) is 9.84. The molecule has 0 saturated carbocycles. The van der Waals surface area contributed by atoms with Gasteiger partial charge in [-0.2, -0.15) is 0 Å². The summed E-state index contributed by atoms with van der Waals surface area (Å²) in [4.78, 5) is 18.5. The average Bonchev–Trinajstić information content (AvgIpc) is 3.55. The van der Waals surface area contributed by atoms with Gasteiger partial charge in [0.15, 0.2) is 6.73 Å². The fourth-order valence-electron chi connectivity index (χ4n) is 4.65. The first-order chi connectivity index (χ1) is 16.7. The number of likely N-dealkylation sites (tertiary alicyclic amines) is 1. The highest BCUT2D eigenvalue weighted by atomic mass is 32.1. The Morgan fingerprint density at radius 2 is 1.76 bits per heavy atom. The molecule has 5 nitrogen and oxygen atoms in total. The van der Waals surface area contributed by atoms with Gasteiger partial charge >= 0.3 is 0 Å². The molecule has 1 aromatic heterocycles. The van der Waals surface area contributed by atoms with Crippen LogP contribution in [0.15, 0.2) is 72.8 Å². The Balaban J connectivity index is 1.15. The molecule has 3 aromatic carbocycles. The van der Waals surface area contributed by atoms with Crippen molar-refractivity contribution < 1.29 is 14.3 Å². The molecule has 172 valence electrons. The Morgan fingerprint density at radius 3 is 2.59 bits per heavy atom. The van der Waals surface area contributed by atoms with Gasteiger partial charge in [0.25, 0.3) is 5.91 Å². The van der Waals surface area contributed by atoms with E-state index in [-0.39, 0.29) is 12.6 Å². The molecule has 0 spiro atoms. The Hall–Kier alpha value is -3.35. The molecule has 0 atom stereocenters. The van der Waals surface area contributed by atoms with Gasteiger partial charge in [-0.15, -0.1) is 11.3 Å². The molecule has 34 heavy (non-hydrogen) atoms. The first kappa shape index (κ1) is 21.2. The highest BCUT2D eigenvalue weighted by molar-refractivity contribution is 7.22. The summed E-state index contributed by atoms with van der Waals surface area (Å²) < 4.78 is 13.2. The number of nitrogens with zero attached hydrogens (tertiary/aromatic N) is 2. The third-order valence-electron chi connectivity index (χ3n) is 6.54. The lowest BCUT2D eigenvalue weighted by molar-refractivity contribution is 0.0937. The van der Waals surface area contributed by atoms with Gasteiger partial charge < -0.3 is 9.47 Å². The number of carbonyl (C=O) groups is 1. The number of thiophene rings is 1. The van der Waals surface area contributed by atoms with Crippen molar-refractivity contribution in [2.75, 3.05) is 37.9 Å². The second kappa shape index (κ2) is 9.12. The van der Waals surface area contributed by atoms with E-state index < -0.39 is 0 Å². The van der Waals surface area contributed by atoms with Gasteiger partial charge in [-0.25, -0.2) is 0 Å². The molecule has 1 fully saturated rings. The zero-order valence-electron chi connectivity index (χ0n) is 18.9. The lowest BCUT2D eigenvalue weighted by Gasteiger charge is -2.29. The maximum absolute atomic E-state index is 13.2. The van der Waals surface area contributed by atoms with Gasteiger partial charge in [0, 0.05) is 21.8 Å². The van der Waals surface area contributed by atoms with Crippen LogP contribution in [0.5, 0.6) is 11.5 Å². The van der Waals surface area contributed by atoms with E-state index in [0.717, 1.165) is 23.5 Å². The lowest BCUT2D eigenvalue weighted by atomic mass is 10.1. The summed E-state index contributed by atoms with van der Waals surface area (Å²) in [7, 11) is 0. The molecule has 1 saturated heterocycles. The van der Waals surface area contributed by atoms with Crippen molar-refractivity contribution in [3.63, 3.8) is 0 Å². The standard InChI is InChI=1S/C28H26N2O3S/c31-28-24-12-7-21(27-18-20-5-1-2-6-26(20)34-27)17-25(24)33-19-30(28)22-8-10-23(11-9-22)32-16-15-29-13-3-4-14-29/h1-2,5-12,17-18H,3-4,13-16,19H2. The minimum Gasteiger partial charge on any atom is -0.492 e. The Bertz CT molecular complexity index is 1290. The first-order valence-corrected chi connectivity index (χ1v) is 12.6. The van der Waals surface area contributed by atoms with Gasteiger partial charge in [0.05, 0.1) is 5.56 Å². The molecule has 2 aliphatic rings. The molecule has 2 aliphatic heterocycles. The Labute approximate surface area is 203 Å². The van der Waals surface area contributed by atoms with Crippen molar-refractivity contribution in [3.8, 4) is 21.9 Å². The van der Waals surface area contributed by atoms with Crippen molar-refractivity contribution in [1.82, 2.24) is 4.90 Å². The molecule has 3 heterocycles. The molecule has 1 amide bonds. The Kier molecular flexibility index (Phi) is 5.69.